The van der Waals surface area contributed by atoms with Crippen LogP contribution in [0, 0.1) is 17.7 Å². The van der Waals surface area contributed by atoms with E-state index in [1.165, 1.54) is 6.07 Å². The normalized spacial score (nSPS) is 23.2. The Morgan fingerprint density at radius 3 is 2.95 bits per heavy atom. The molecule has 0 spiro atoms. The van der Waals surface area contributed by atoms with Gasteiger partial charge >= 0.3 is 0 Å². The lowest BCUT2D eigenvalue weighted by atomic mass is 9.89. The fraction of sp³-hybridized carbons (Fsp3) is 0.625. The molecule has 20 heavy (non-hydrogen) atoms. The van der Waals surface area contributed by atoms with E-state index in [4.69, 9.17) is 16.3 Å². The van der Waals surface area contributed by atoms with Gasteiger partial charge in [-0.1, -0.05) is 31.5 Å². The first-order valence-corrected chi connectivity index (χ1v) is 7.73. The van der Waals surface area contributed by atoms with Crippen LogP contribution < -0.4 is 5.32 Å². The summed E-state index contributed by atoms with van der Waals surface area (Å²) in [6, 6.07) is 4.91. The summed E-state index contributed by atoms with van der Waals surface area (Å²) in [6.07, 6.45) is 2.23. The highest BCUT2D eigenvalue weighted by Gasteiger charge is 2.27. The third-order valence-electron chi connectivity index (χ3n) is 3.68. The molecule has 4 heteroatoms. The van der Waals surface area contributed by atoms with E-state index in [2.05, 4.69) is 19.2 Å². The number of rotatable bonds is 5. The van der Waals surface area contributed by atoms with Crippen LogP contribution in [0.2, 0.25) is 5.02 Å². The van der Waals surface area contributed by atoms with Gasteiger partial charge in [0.1, 0.15) is 5.82 Å². The Bertz CT molecular complexity index is 438. The number of ether oxygens (including phenoxy) is 1. The lowest BCUT2D eigenvalue weighted by Gasteiger charge is -2.32. The molecule has 0 bridgehead atoms. The van der Waals surface area contributed by atoms with Crippen molar-refractivity contribution >= 4 is 11.6 Å². The maximum atomic E-state index is 13.3. The molecular weight excluding hydrogens is 277 g/mol. The van der Waals surface area contributed by atoms with E-state index < -0.39 is 0 Å². The second-order valence-electron chi connectivity index (χ2n) is 5.92. The molecule has 0 radical (unpaired) electrons. The van der Waals surface area contributed by atoms with Gasteiger partial charge in [0.05, 0.1) is 11.1 Å². The quantitative estimate of drug-likeness (QED) is 0.880. The van der Waals surface area contributed by atoms with Gasteiger partial charge in [-0.15, -0.1) is 0 Å². The average molecular weight is 300 g/mol. The molecular formula is C16H23ClFNO. The first-order chi connectivity index (χ1) is 9.58. The number of nitrogens with one attached hydrogen (secondary N) is 1. The summed E-state index contributed by atoms with van der Waals surface area (Å²) in [4.78, 5) is 0. The molecule has 1 fully saturated rings. The van der Waals surface area contributed by atoms with Crippen LogP contribution in [0.15, 0.2) is 18.2 Å². The number of hydrogen-bond donors (Lipinski definition) is 1. The molecule has 2 unspecified atom stereocenters. The third kappa shape index (κ3) is 4.18. The van der Waals surface area contributed by atoms with Gasteiger partial charge in [-0.3, -0.25) is 0 Å². The Labute approximate surface area is 125 Å². The summed E-state index contributed by atoms with van der Waals surface area (Å²) in [7, 11) is 0. The van der Waals surface area contributed by atoms with Gasteiger partial charge in [-0.2, -0.15) is 0 Å². The standard InChI is InChI=1S/C16H23ClFNO/c1-11(2)9-19-10-13-4-3-7-20-16(13)12-5-6-15(18)14(17)8-12/h5-6,8,11,13,16,19H,3-4,7,9-10H2,1-2H3. The first-order valence-electron chi connectivity index (χ1n) is 7.35. The van der Waals surface area contributed by atoms with Gasteiger partial charge < -0.3 is 10.1 Å². The molecule has 1 heterocycles. The predicted molar refractivity (Wildman–Crippen MR) is 80.5 cm³/mol. The minimum atomic E-state index is -0.374. The third-order valence-corrected chi connectivity index (χ3v) is 3.97. The Kier molecular flexibility index (Phi) is 5.82. The lowest BCUT2D eigenvalue weighted by molar-refractivity contribution is -0.0279. The largest absolute Gasteiger partial charge is 0.373 e. The van der Waals surface area contributed by atoms with Crippen molar-refractivity contribution in [1.82, 2.24) is 5.32 Å². The summed E-state index contributed by atoms with van der Waals surface area (Å²) >= 11 is 5.88. The average Bonchev–Trinajstić information content (AvgIpc) is 2.42. The van der Waals surface area contributed by atoms with Crippen LogP contribution in [0.1, 0.15) is 38.4 Å². The Morgan fingerprint density at radius 1 is 1.45 bits per heavy atom. The van der Waals surface area contributed by atoms with E-state index in [0.717, 1.165) is 38.1 Å². The summed E-state index contributed by atoms with van der Waals surface area (Å²) in [5, 5.41) is 3.67. The van der Waals surface area contributed by atoms with E-state index in [1.807, 2.05) is 0 Å². The number of hydrogen-bond acceptors (Lipinski definition) is 2. The summed E-state index contributed by atoms with van der Waals surface area (Å²) < 4.78 is 19.2. The van der Waals surface area contributed by atoms with Crippen molar-refractivity contribution in [3.8, 4) is 0 Å². The molecule has 1 N–H and O–H groups in total. The minimum absolute atomic E-state index is 0.0153. The van der Waals surface area contributed by atoms with Gasteiger partial charge in [0.25, 0.3) is 0 Å². The topological polar surface area (TPSA) is 21.3 Å². The molecule has 0 amide bonds. The smallest absolute Gasteiger partial charge is 0.141 e. The maximum Gasteiger partial charge on any atom is 0.141 e. The monoisotopic (exact) mass is 299 g/mol. The van der Waals surface area contributed by atoms with E-state index in [1.54, 1.807) is 12.1 Å². The van der Waals surface area contributed by atoms with E-state index >= 15 is 0 Å². The number of halogens is 2. The van der Waals surface area contributed by atoms with Crippen LogP contribution in [-0.4, -0.2) is 19.7 Å². The van der Waals surface area contributed by atoms with Crippen LogP contribution >= 0.6 is 11.6 Å². The highest BCUT2D eigenvalue weighted by atomic mass is 35.5. The molecule has 112 valence electrons. The van der Waals surface area contributed by atoms with Crippen molar-refractivity contribution in [2.75, 3.05) is 19.7 Å². The fourth-order valence-electron chi connectivity index (χ4n) is 2.67. The second kappa shape index (κ2) is 7.39. The molecule has 1 aromatic carbocycles. The van der Waals surface area contributed by atoms with Gasteiger partial charge in [-0.05, 0) is 43.0 Å². The van der Waals surface area contributed by atoms with E-state index in [0.29, 0.717) is 11.8 Å². The molecule has 2 rings (SSSR count). The van der Waals surface area contributed by atoms with Crippen molar-refractivity contribution in [2.45, 2.75) is 32.8 Å². The van der Waals surface area contributed by atoms with Gasteiger partial charge in [-0.25, -0.2) is 4.39 Å². The van der Waals surface area contributed by atoms with Gasteiger partial charge in [0, 0.05) is 19.1 Å². The Balaban J connectivity index is 2.03. The van der Waals surface area contributed by atoms with Gasteiger partial charge in [0.15, 0.2) is 0 Å². The van der Waals surface area contributed by atoms with Gasteiger partial charge in [0.2, 0.25) is 0 Å². The Morgan fingerprint density at radius 2 is 2.25 bits per heavy atom. The van der Waals surface area contributed by atoms with E-state index in [9.17, 15) is 4.39 Å². The fourth-order valence-corrected chi connectivity index (χ4v) is 2.86. The molecule has 1 aliphatic rings. The summed E-state index contributed by atoms with van der Waals surface area (Å²) in [6.45, 7) is 7.09. The predicted octanol–water partition coefficient (Wildman–Crippen LogP) is 4.19. The molecule has 1 aliphatic heterocycles. The van der Waals surface area contributed by atoms with Crippen molar-refractivity contribution in [3.63, 3.8) is 0 Å². The molecule has 1 saturated heterocycles. The molecule has 0 aliphatic carbocycles. The van der Waals surface area contributed by atoms with Crippen molar-refractivity contribution in [3.05, 3.63) is 34.6 Å². The van der Waals surface area contributed by atoms with Crippen LogP contribution in [0.3, 0.4) is 0 Å². The zero-order valence-electron chi connectivity index (χ0n) is 12.2. The van der Waals surface area contributed by atoms with Crippen LogP contribution in [0.25, 0.3) is 0 Å². The van der Waals surface area contributed by atoms with Crippen LogP contribution in [0.4, 0.5) is 4.39 Å². The zero-order valence-corrected chi connectivity index (χ0v) is 12.9. The van der Waals surface area contributed by atoms with E-state index in [-0.39, 0.29) is 16.9 Å². The Hall–Kier alpha value is -0.640. The first kappa shape index (κ1) is 15.7. The number of benzene rings is 1. The lowest BCUT2D eigenvalue weighted by Crippen LogP contribution is -2.33. The SMILES string of the molecule is CC(C)CNCC1CCCOC1c1ccc(F)c(Cl)c1. The van der Waals surface area contributed by atoms with Crippen molar-refractivity contribution < 1.29 is 9.13 Å². The maximum absolute atomic E-state index is 13.3. The van der Waals surface area contributed by atoms with Crippen molar-refractivity contribution in [1.29, 1.82) is 0 Å². The molecule has 0 saturated carbocycles. The molecule has 2 atom stereocenters. The molecule has 1 aromatic rings. The highest BCUT2D eigenvalue weighted by molar-refractivity contribution is 6.30. The summed E-state index contributed by atoms with van der Waals surface area (Å²) in [5.74, 6) is 0.683. The second-order valence-corrected chi connectivity index (χ2v) is 6.33. The molecule has 2 nitrogen and oxygen atoms in total. The van der Waals surface area contributed by atoms with Crippen molar-refractivity contribution in [2.24, 2.45) is 11.8 Å². The van der Waals surface area contributed by atoms with Crippen LogP contribution in [0.5, 0.6) is 0 Å². The highest BCUT2D eigenvalue weighted by Crippen LogP contribution is 2.34. The molecule has 0 aromatic heterocycles. The zero-order chi connectivity index (χ0) is 14.5. The van der Waals surface area contributed by atoms with Crippen LogP contribution in [-0.2, 0) is 4.74 Å². The summed E-state index contributed by atoms with van der Waals surface area (Å²) in [5.41, 5.74) is 0.979. The minimum Gasteiger partial charge on any atom is -0.373 e.